The Morgan fingerprint density at radius 3 is 2.36 bits per heavy atom. The Morgan fingerprint density at radius 1 is 1.36 bits per heavy atom. The van der Waals surface area contributed by atoms with Crippen molar-refractivity contribution in [2.24, 2.45) is 0 Å². The molecule has 1 aromatic heterocycles. The Balaban J connectivity index is 3.14. The first-order valence-electron chi connectivity index (χ1n) is 2.69. The predicted octanol–water partition coefficient (Wildman–Crippen LogP) is 3.67. The molecule has 1 nitrogen and oxygen atoms in total. The van der Waals surface area contributed by atoms with Crippen LogP contribution in [-0.4, -0.2) is 4.98 Å². The molecule has 11 heavy (non-hydrogen) atoms. The quantitative estimate of drug-likeness (QED) is 0.658. The summed E-state index contributed by atoms with van der Waals surface area (Å²) in [7, 11) is 0. The van der Waals surface area contributed by atoms with Gasteiger partial charge in [0.25, 0.3) is 0 Å². The van der Waals surface area contributed by atoms with Gasteiger partial charge in [-0.2, -0.15) is 0 Å². The molecule has 0 amide bonds. The highest BCUT2D eigenvalue weighted by Crippen LogP contribution is 2.40. The molecule has 1 aromatic rings. The number of nitrogens with zero attached hydrogens (tertiary/aromatic N) is 1. The van der Waals surface area contributed by atoms with Crippen LogP contribution in [-0.2, 0) is 3.79 Å². The zero-order chi connectivity index (χ0) is 8.48. The summed E-state index contributed by atoms with van der Waals surface area (Å²) in [5, 5.41) is 0. The van der Waals surface area contributed by atoms with Crippen molar-refractivity contribution in [1.29, 1.82) is 0 Å². The van der Waals surface area contributed by atoms with Crippen molar-refractivity contribution in [3.8, 4) is 0 Å². The highest BCUT2D eigenvalue weighted by atomic mass is 79.9. The summed E-state index contributed by atoms with van der Waals surface area (Å²) in [6.07, 6.45) is 1.57. The van der Waals surface area contributed by atoms with Gasteiger partial charge in [-0.15, -0.1) is 0 Å². The van der Waals surface area contributed by atoms with Crippen molar-refractivity contribution >= 4 is 50.7 Å². The number of aromatic nitrogens is 1. The van der Waals surface area contributed by atoms with Crippen molar-refractivity contribution in [3.05, 3.63) is 28.5 Å². The third-order valence-electron chi connectivity index (χ3n) is 1.03. The van der Waals surface area contributed by atoms with Crippen LogP contribution in [0.4, 0.5) is 0 Å². The Hall–Kier alpha value is 0.500. The maximum Gasteiger partial charge on any atom is 0.233 e. The zero-order valence-corrected chi connectivity index (χ0v) is 9.04. The average Bonchev–Trinajstić information content (AvgIpc) is 1.86. The maximum atomic E-state index is 5.60. The van der Waals surface area contributed by atoms with E-state index in [9.17, 15) is 0 Å². The van der Waals surface area contributed by atoms with Crippen LogP contribution in [0.2, 0.25) is 0 Å². The average molecular weight is 275 g/mol. The molecule has 1 rings (SSSR count). The monoisotopic (exact) mass is 273 g/mol. The van der Waals surface area contributed by atoms with Crippen molar-refractivity contribution in [3.63, 3.8) is 0 Å². The second-order valence-corrected chi connectivity index (χ2v) is 4.97. The number of alkyl halides is 3. The van der Waals surface area contributed by atoms with Gasteiger partial charge in [0, 0.05) is 10.7 Å². The molecule has 0 aliphatic heterocycles. The van der Waals surface area contributed by atoms with Crippen LogP contribution in [0.3, 0.4) is 0 Å². The first-order valence-corrected chi connectivity index (χ1v) is 4.62. The molecule has 0 unspecified atom stereocenters. The van der Waals surface area contributed by atoms with Crippen molar-refractivity contribution in [2.75, 3.05) is 0 Å². The van der Waals surface area contributed by atoms with E-state index >= 15 is 0 Å². The van der Waals surface area contributed by atoms with Gasteiger partial charge >= 0.3 is 0 Å². The van der Waals surface area contributed by atoms with E-state index in [0.29, 0.717) is 10.2 Å². The molecular formula is C6H3BrCl3N. The lowest BCUT2D eigenvalue weighted by Crippen LogP contribution is -2.03. The van der Waals surface area contributed by atoms with E-state index in [0.717, 1.165) is 0 Å². The van der Waals surface area contributed by atoms with Gasteiger partial charge in [0.1, 0.15) is 5.69 Å². The summed E-state index contributed by atoms with van der Waals surface area (Å²) in [5.41, 5.74) is 0.407. The first kappa shape index (κ1) is 9.59. The lowest BCUT2D eigenvalue weighted by molar-refractivity contribution is 1.07. The Bertz CT molecular complexity index is 258. The van der Waals surface area contributed by atoms with E-state index in [1.807, 2.05) is 0 Å². The molecule has 0 N–H and O–H groups in total. The predicted molar refractivity (Wildman–Crippen MR) is 51.2 cm³/mol. The molecule has 60 valence electrons. The number of halogens is 4. The van der Waals surface area contributed by atoms with Gasteiger partial charge in [0.15, 0.2) is 0 Å². The summed E-state index contributed by atoms with van der Waals surface area (Å²) in [4.78, 5) is 3.91. The molecule has 0 aromatic carbocycles. The van der Waals surface area contributed by atoms with Crippen molar-refractivity contribution < 1.29 is 0 Å². The fraction of sp³-hybridized carbons (Fsp3) is 0.167. The van der Waals surface area contributed by atoms with E-state index < -0.39 is 3.79 Å². The molecule has 0 atom stereocenters. The highest BCUT2D eigenvalue weighted by Gasteiger charge is 2.26. The molecule has 1 heterocycles. The second kappa shape index (κ2) is 3.48. The highest BCUT2D eigenvalue weighted by molar-refractivity contribution is 9.10. The molecule has 0 radical (unpaired) electrons. The van der Waals surface area contributed by atoms with Crippen LogP contribution < -0.4 is 0 Å². The van der Waals surface area contributed by atoms with Crippen LogP contribution in [0.5, 0.6) is 0 Å². The van der Waals surface area contributed by atoms with Crippen LogP contribution >= 0.6 is 50.7 Å². The Labute approximate surface area is 87.8 Å². The third kappa shape index (κ3) is 2.48. The van der Waals surface area contributed by atoms with E-state index in [2.05, 4.69) is 20.9 Å². The summed E-state index contributed by atoms with van der Waals surface area (Å²) in [6.45, 7) is 0. The van der Waals surface area contributed by atoms with Crippen LogP contribution in [0, 0.1) is 0 Å². The number of rotatable bonds is 0. The van der Waals surface area contributed by atoms with Crippen LogP contribution in [0.25, 0.3) is 0 Å². The topological polar surface area (TPSA) is 12.9 Å². The van der Waals surface area contributed by atoms with Gasteiger partial charge < -0.3 is 0 Å². The molecule has 0 spiro atoms. The number of hydrogen-bond donors (Lipinski definition) is 0. The van der Waals surface area contributed by atoms with E-state index in [1.54, 1.807) is 18.3 Å². The normalized spacial score (nSPS) is 11.6. The standard InChI is InChI=1S/C6H3BrCl3N/c7-4-2-1-3-11-5(4)6(8,9)10/h1-3H. The first-order chi connectivity index (χ1) is 5.02. The lowest BCUT2D eigenvalue weighted by atomic mass is 10.4. The minimum atomic E-state index is -1.46. The second-order valence-electron chi connectivity index (χ2n) is 1.83. The van der Waals surface area contributed by atoms with Crippen molar-refractivity contribution in [1.82, 2.24) is 4.98 Å². The van der Waals surface area contributed by atoms with Gasteiger partial charge in [-0.05, 0) is 28.1 Å². The van der Waals surface area contributed by atoms with E-state index in [-0.39, 0.29) is 0 Å². The van der Waals surface area contributed by atoms with Gasteiger partial charge in [-0.1, -0.05) is 34.8 Å². The van der Waals surface area contributed by atoms with Crippen LogP contribution in [0.15, 0.2) is 22.8 Å². The minimum Gasteiger partial charge on any atom is -0.256 e. The summed E-state index contributed by atoms with van der Waals surface area (Å²) in [6, 6.07) is 3.52. The Kier molecular flexibility index (Phi) is 3.03. The molecule has 0 saturated carbocycles. The maximum absolute atomic E-state index is 5.60. The van der Waals surface area contributed by atoms with Crippen molar-refractivity contribution in [2.45, 2.75) is 3.79 Å². The van der Waals surface area contributed by atoms with E-state index in [4.69, 9.17) is 34.8 Å². The van der Waals surface area contributed by atoms with Crippen LogP contribution in [0.1, 0.15) is 5.69 Å². The SMILES string of the molecule is ClC(Cl)(Cl)c1ncccc1Br. The summed E-state index contributed by atoms with van der Waals surface area (Å²) < 4.78 is -0.764. The molecule has 5 heteroatoms. The van der Waals surface area contributed by atoms with Gasteiger partial charge in [-0.3, -0.25) is 4.98 Å². The molecular weight excluding hydrogens is 272 g/mol. The molecule has 0 bridgehead atoms. The van der Waals surface area contributed by atoms with E-state index in [1.165, 1.54) is 0 Å². The summed E-state index contributed by atoms with van der Waals surface area (Å²) in [5.74, 6) is 0. The van der Waals surface area contributed by atoms with Gasteiger partial charge in [0.2, 0.25) is 3.79 Å². The van der Waals surface area contributed by atoms with Gasteiger partial charge in [-0.25, -0.2) is 0 Å². The minimum absolute atomic E-state index is 0.407. The Morgan fingerprint density at radius 2 is 2.00 bits per heavy atom. The number of pyridine rings is 1. The largest absolute Gasteiger partial charge is 0.256 e. The summed E-state index contributed by atoms with van der Waals surface area (Å²) >= 11 is 20.0. The van der Waals surface area contributed by atoms with Gasteiger partial charge in [0.05, 0.1) is 0 Å². The smallest absolute Gasteiger partial charge is 0.233 e. The molecule has 0 aliphatic carbocycles. The molecule has 0 fully saturated rings. The number of hydrogen-bond acceptors (Lipinski definition) is 1. The fourth-order valence-corrected chi connectivity index (χ4v) is 1.94. The third-order valence-corrected chi connectivity index (χ3v) is 2.20. The zero-order valence-electron chi connectivity index (χ0n) is 5.19. The molecule has 0 saturated heterocycles. The fourth-order valence-electron chi connectivity index (χ4n) is 0.594. The lowest BCUT2D eigenvalue weighted by Gasteiger charge is -2.10. The molecule has 0 aliphatic rings.